The highest BCUT2D eigenvalue weighted by atomic mass is 35.5. The Morgan fingerprint density at radius 3 is 2.64 bits per heavy atom. The second kappa shape index (κ2) is 8.09. The minimum absolute atomic E-state index is 0.000599. The fraction of sp³-hybridized carbons (Fsp3) is 0.167. The van der Waals surface area contributed by atoms with E-state index in [-0.39, 0.29) is 25.2 Å². The number of thiophene rings is 1. The number of rotatable bonds is 7. The summed E-state index contributed by atoms with van der Waals surface area (Å²) in [6.45, 7) is -0.0648. The van der Waals surface area contributed by atoms with Gasteiger partial charge in [0, 0.05) is 12.0 Å². The molecular weight excluding hydrogens is 362 g/mol. The van der Waals surface area contributed by atoms with Crippen molar-refractivity contribution < 1.29 is 18.7 Å². The van der Waals surface area contributed by atoms with Crippen LogP contribution in [0.25, 0.3) is 11.3 Å². The van der Waals surface area contributed by atoms with Crippen LogP contribution in [-0.2, 0) is 16.1 Å². The number of ether oxygens (including phenoxy) is 1. The molecule has 7 heteroatoms. The number of oxazole rings is 1. The summed E-state index contributed by atoms with van der Waals surface area (Å²) < 4.78 is 11.2. The molecule has 0 bridgehead atoms. The molecule has 2 heterocycles. The van der Waals surface area contributed by atoms with Crippen LogP contribution in [0.3, 0.4) is 0 Å². The second-order valence-corrected chi connectivity index (χ2v) is 6.89. The largest absolute Gasteiger partial charge is 0.456 e. The molecule has 3 rings (SSSR count). The zero-order valence-electron chi connectivity index (χ0n) is 13.1. The number of benzene rings is 1. The number of Topliss-reactive ketones (excluding diaryl/α,β-unsaturated/α-hetero) is 1. The third-order valence-corrected chi connectivity index (χ3v) is 4.64. The molecule has 0 fully saturated rings. The predicted octanol–water partition coefficient (Wildman–Crippen LogP) is 4.76. The van der Waals surface area contributed by atoms with Gasteiger partial charge in [-0.15, -0.1) is 11.3 Å². The van der Waals surface area contributed by atoms with E-state index in [1.54, 1.807) is 18.3 Å². The normalized spacial score (nSPS) is 10.6. The number of halogens is 1. The zero-order chi connectivity index (χ0) is 17.6. The molecule has 2 aromatic heterocycles. The molecule has 128 valence electrons. The summed E-state index contributed by atoms with van der Waals surface area (Å²) in [7, 11) is 0. The highest BCUT2D eigenvalue weighted by molar-refractivity contribution is 7.18. The molecule has 1 aromatic carbocycles. The molecule has 0 aliphatic heterocycles. The molecule has 25 heavy (non-hydrogen) atoms. The van der Waals surface area contributed by atoms with E-state index in [0.29, 0.717) is 20.9 Å². The van der Waals surface area contributed by atoms with Crippen molar-refractivity contribution in [3.63, 3.8) is 0 Å². The van der Waals surface area contributed by atoms with Gasteiger partial charge in [0.25, 0.3) is 0 Å². The minimum Gasteiger partial charge on any atom is -0.456 e. The summed E-state index contributed by atoms with van der Waals surface area (Å²) in [5, 5.41) is 0. The zero-order valence-corrected chi connectivity index (χ0v) is 14.7. The number of hydrogen-bond donors (Lipinski definition) is 0. The first kappa shape index (κ1) is 17.4. The van der Waals surface area contributed by atoms with Crippen LogP contribution in [0.5, 0.6) is 0 Å². The molecule has 0 radical (unpaired) electrons. The lowest BCUT2D eigenvalue weighted by molar-refractivity contribution is -0.145. The number of hydrogen-bond acceptors (Lipinski definition) is 6. The number of esters is 1. The summed E-state index contributed by atoms with van der Waals surface area (Å²) >= 11 is 6.99. The van der Waals surface area contributed by atoms with Gasteiger partial charge in [0.05, 0.1) is 21.8 Å². The Labute approximate surface area is 153 Å². The molecule has 0 unspecified atom stereocenters. The number of ketones is 1. The Balaban J connectivity index is 1.46. The van der Waals surface area contributed by atoms with Gasteiger partial charge in [-0.3, -0.25) is 9.59 Å². The van der Waals surface area contributed by atoms with Gasteiger partial charge in [-0.05, 0) is 12.1 Å². The summed E-state index contributed by atoms with van der Waals surface area (Å²) in [6, 6.07) is 12.8. The standard InChI is InChI=1S/C18H14ClNO4S/c19-16-8-7-15(25-16)13(21)6-9-18(22)23-11-17-20-10-14(24-17)12-4-2-1-3-5-12/h1-5,7-8,10H,6,9,11H2. The van der Waals surface area contributed by atoms with Gasteiger partial charge in [0.1, 0.15) is 0 Å². The van der Waals surface area contributed by atoms with Crippen LogP contribution in [0, 0.1) is 0 Å². The molecule has 0 atom stereocenters. The molecular formula is C18H14ClNO4S. The van der Waals surface area contributed by atoms with Crippen molar-refractivity contribution in [1.29, 1.82) is 0 Å². The van der Waals surface area contributed by atoms with Gasteiger partial charge in [0.15, 0.2) is 18.2 Å². The molecule has 0 aliphatic rings. The fourth-order valence-electron chi connectivity index (χ4n) is 2.13. The van der Waals surface area contributed by atoms with Crippen molar-refractivity contribution in [2.75, 3.05) is 0 Å². The Morgan fingerprint density at radius 1 is 1.12 bits per heavy atom. The van der Waals surface area contributed by atoms with Crippen LogP contribution in [0.1, 0.15) is 28.4 Å². The smallest absolute Gasteiger partial charge is 0.306 e. The van der Waals surface area contributed by atoms with Crippen LogP contribution in [0.15, 0.2) is 53.1 Å². The number of carbonyl (C=O) groups is 2. The lowest BCUT2D eigenvalue weighted by atomic mass is 10.2. The van der Waals surface area contributed by atoms with Crippen molar-refractivity contribution in [3.05, 3.63) is 63.8 Å². The van der Waals surface area contributed by atoms with Gasteiger partial charge in [-0.25, -0.2) is 4.98 Å². The number of aromatic nitrogens is 1. The van der Waals surface area contributed by atoms with E-state index in [1.807, 2.05) is 30.3 Å². The maximum atomic E-state index is 11.9. The van der Waals surface area contributed by atoms with E-state index in [4.69, 9.17) is 20.8 Å². The molecule has 0 spiro atoms. The third kappa shape index (κ3) is 4.78. The van der Waals surface area contributed by atoms with E-state index >= 15 is 0 Å². The van der Waals surface area contributed by atoms with Gasteiger partial charge >= 0.3 is 5.97 Å². The van der Waals surface area contributed by atoms with Gasteiger partial charge in [-0.2, -0.15) is 0 Å². The monoisotopic (exact) mass is 375 g/mol. The van der Waals surface area contributed by atoms with Crippen LogP contribution in [0.2, 0.25) is 4.34 Å². The maximum absolute atomic E-state index is 11.9. The summed E-state index contributed by atoms with van der Waals surface area (Å²) in [5.41, 5.74) is 0.896. The van der Waals surface area contributed by atoms with Crippen LogP contribution >= 0.6 is 22.9 Å². The van der Waals surface area contributed by atoms with E-state index in [2.05, 4.69) is 4.98 Å². The Bertz CT molecular complexity index is 872. The molecule has 0 amide bonds. The molecule has 0 saturated heterocycles. The molecule has 0 aliphatic carbocycles. The van der Waals surface area contributed by atoms with Crippen molar-refractivity contribution in [2.24, 2.45) is 0 Å². The average Bonchev–Trinajstić information content (AvgIpc) is 3.28. The maximum Gasteiger partial charge on any atom is 0.306 e. The minimum atomic E-state index is -0.476. The Hall–Kier alpha value is -2.44. The summed E-state index contributed by atoms with van der Waals surface area (Å²) in [4.78, 5) is 28.3. The van der Waals surface area contributed by atoms with Crippen molar-refractivity contribution >= 4 is 34.7 Å². The average molecular weight is 376 g/mol. The number of nitrogens with zero attached hydrogens (tertiary/aromatic N) is 1. The van der Waals surface area contributed by atoms with Crippen LogP contribution in [-0.4, -0.2) is 16.7 Å². The summed E-state index contributed by atoms with van der Waals surface area (Å²) in [6.07, 6.45) is 1.67. The third-order valence-electron chi connectivity index (χ3n) is 3.37. The predicted molar refractivity (Wildman–Crippen MR) is 94.6 cm³/mol. The lowest BCUT2D eigenvalue weighted by Gasteiger charge is -2.01. The van der Waals surface area contributed by atoms with Gasteiger partial charge in [-0.1, -0.05) is 41.9 Å². The van der Waals surface area contributed by atoms with Gasteiger partial charge < -0.3 is 9.15 Å². The van der Waals surface area contributed by atoms with E-state index in [9.17, 15) is 9.59 Å². The molecule has 0 saturated carbocycles. The summed E-state index contributed by atoms with van der Waals surface area (Å²) in [5.74, 6) is 0.312. The highest BCUT2D eigenvalue weighted by Crippen LogP contribution is 2.23. The first-order valence-electron chi connectivity index (χ1n) is 7.56. The van der Waals surface area contributed by atoms with Crippen molar-refractivity contribution in [3.8, 4) is 11.3 Å². The van der Waals surface area contributed by atoms with Crippen molar-refractivity contribution in [2.45, 2.75) is 19.4 Å². The van der Waals surface area contributed by atoms with Crippen molar-refractivity contribution in [1.82, 2.24) is 4.98 Å². The Kier molecular flexibility index (Phi) is 5.63. The molecule has 5 nitrogen and oxygen atoms in total. The van der Waals surface area contributed by atoms with E-state index in [0.717, 1.165) is 5.56 Å². The van der Waals surface area contributed by atoms with Crippen LogP contribution in [0.4, 0.5) is 0 Å². The van der Waals surface area contributed by atoms with E-state index in [1.165, 1.54) is 11.3 Å². The lowest BCUT2D eigenvalue weighted by Crippen LogP contribution is -2.07. The Morgan fingerprint density at radius 2 is 1.92 bits per heavy atom. The first-order valence-corrected chi connectivity index (χ1v) is 8.75. The van der Waals surface area contributed by atoms with Gasteiger partial charge in [0.2, 0.25) is 5.89 Å². The second-order valence-electron chi connectivity index (χ2n) is 5.17. The highest BCUT2D eigenvalue weighted by Gasteiger charge is 2.13. The SMILES string of the molecule is O=C(CCC(=O)c1ccc(Cl)s1)OCc1ncc(-c2ccccc2)o1. The van der Waals surface area contributed by atoms with E-state index < -0.39 is 5.97 Å². The van der Waals surface area contributed by atoms with Crippen LogP contribution < -0.4 is 0 Å². The number of carbonyl (C=O) groups excluding carboxylic acids is 2. The quantitative estimate of drug-likeness (QED) is 0.439. The molecule has 0 N–H and O–H groups in total. The fourth-order valence-corrected chi connectivity index (χ4v) is 3.14. The first-order chi connectivity index (χ1) is 12.1. The topological polar surface area (TPSA) is 69.4 Å². The molecule has 3 aromatic rings.